The van der Waals surface area contributed by atoms with E-state index >= 15 is 0 Å². The maximum atomic E-state index is 11.6. The Morgan fingerprint density at radius 2 is 2.27 bits per heavy atom. The lowest BCUT2D eigenvalue weighted by Crippen LogP contribution is -1.92. The van der Waals surface area contributed by atoms with Crippen molar-refractivity contribution in [2.75, 3.05) is 6.61 Å². The van der Waals surface area contributed by atoms with Crippen LogP contribution < -0.4 is 4.52 Å². The van der Waals surface area contributed by atoms with E-state index in [1.807, 2.05) is 0 Å². The van der Waals surface area contributed by atoms with Crippen LogP contribution in [0.4, 0.5) is 0 Å². The fraction of sp³-hybridized carbons (Fsp3) is 0.250. The minimum Gasteiger partial charge on any atom is -0.416 e. The van der Waals surface area contributed by atoms with Crippen molar-refractivity contribution in [3.63, 3.8) is 0 Å². The summed E-state index contributed by atoms with van der Waals surface area (Å²) in [5.41, 5.74) is 0. The average molecular weight is 332 g/mol. The van der Waals surface area contributed by atoms with Crippen molar-refractivity contribution in [3.05, 3.63) is 27.7 Å². The lowest BCUT2D eigenvalue weighted by molar-refractivity contribution is 0.296. The molecule has 7 heteroatoms. The molecular formula is C8H9BrClO3PS. The first-order valence-electron chi connectivity index (χ1n) is 4.06. The van der Waals surface area contributed by atoms with Crippen molar-refractivity contribution in [2.24, 2.45) is 0 Å². The maximum absolute atomic E-state index is 11.6. The van der Waals surface area contributed by atoms with Crippen molar-refractivity contribution in [2.45, 2.75) is 6.92 Å². The van der Waals surface area contributed by atoms with E-state index in [0.29, 0.717) is 5.02 Å². The van der Waals surface area contributed by atoms with Crippen LogP contribution in [0.1, 0.15) is 6.92 Å². The van der Waals surface area contributed by atoms with E-state index in [9.17, 15) is 4.57 Å². The zero-order valence-corrected chi connectivity index (χ0v) is 11.9. The van der Waals surface area contributed by atoms with Crippen molar-refractivity contribution in [1.29, 1.82) is 0 Å². The van der Waals surface area contributed by atoms with E-state index in [1.165, 1.54) is 0 Å². The van der Waals surface area contributed by atoms with E-state index in [-0.39, 0.29) is 12.4 Å². The van der Waals surface area contributed by atoms with Gasteiger partial charge in [-0.3, -0.25) is 4.52 Å². The monoisotopic (exact) mass is 330 g/mol. The second kappa shape index (κ2) is 5.60. The Kier molecular flexibility index (Phi) is 5.00. The quantitative estimate of drug-likeness (QED) is 0.649. The Morgan fingerprint density at radius 3 is 2.80 bits per heavy atom. The van der Waals surface area contributed by atoms with Crippen molar-refractivity contribution >= 4 is 46.6 Å². The molecule has 0 N–H and O–H groups in total. The third kappa shape index (κ3) is 4.37. The molecule has 1 aromatic rings. The summed E-state index contributed by atoms with van der Waals surface area (Å²) < 4.78 is 22.3. The Balaban J connectivity index is 2.85. The van der Waals surface area contributed by atoms with Gasteiger partial charge in [-0.1, -0.05) is 27.5 Å². The first kappa shape index (κ1) is 13.4. The fourth-order valence-corrected chi connectivity index (χ4v) is 3.03. The lowest BCUT2D eigenvalue weighted by Gasteiger charge is -2.13. The molecule has 0 spiro atoms. The van der Waals surface area contributed by atoms with Gasteiger partial charge in [0.2, 0.25) is 0 Å². The van der Waals surface area contributed by atoms with Crippen molar-refractivity contribution in [1.82, 2.24) is 0 Å². The summed E-state index contributed by atoms with van der Waals surface area (Å²) in [4.78, 5) is 0. The summed E-state index contributed by atoms with van der Waals surface area (Å²) in [6.07, 6.45) is 0. The molecule has 0 aromatic heterocycles. The van der Waals surface area contributed by atoms with Gasteiger partial charge in [0.1, 0.15) is 5.75 Å². The van der Waals surface area contributed by atoms with Crippen LogP contribution >= 0.6 is 46.6 Å². The second-order valence-electron chi connectivity index (χ2n) is 2.55. The highest BCUT2D eigenvalue weighted by atomic mass is 79.9. The predicted molar refractivity (Wildman–Crippen MR) is 68.0 cm³/mol. The molecule has 1 aromatic carbocycles. The lowest BCUT2D eigenvalue weighted by atomic mass is 10.3. The highest BCUT2D eigenvalue weighted by molar-refractivity contribution is 9.10. The molecule has 1 atom stereocenters. The molecule has 0 aliphatic heterocycles. The summed E-state index contributed by atoms with van der Waals surface area (Å²) in [6.45, 7) is -1.40. The molecule has 0 amide bonds. The molecule has 3 nitrogen and oxygen atoms in total. The first-order chi connectivity index (χ1) is 6.94. The second-order valence-corrected chi connectivity index (χ2v) is 6.72. The number of rotatable bonds is 4. The number of hydrogen-bond donors (Lipinski definition) is 1. The molecular weight excluding hydrogens is 322 g/mol. The molecule has 1 rings (SSSR count). The standard InChI is InChI=1S/C8H9BrClO3PS/c1-2-12-14(11,15)13-8-4-3-6(9)5-7(8)10/h3-5H,2H2,1H3,(H,11,15). The van der Waals surface area contributed by atoms with E-state index < -0.39 is 6.80 Å². The van der Waals surface area contributed by atoms with Crippen LogP contribution in [-0.2, 0) is 9.09 Å². The molecule has 1 unspecified atom stereocenters. The van der Waals surface area contributed by atoms with E-state index in [1.54, 1.807) is 25.1 Å². The van der Waals surface area contributed by atoms with Crippen LogP contribution in [0.3, 0.4) is 0 Å². The van der Waals surface area contributed by atoms with Gasteiger partial charge in [0.25, 0.3) is 0 Å². The molecule has 0 heterocycles. The summed E-state index contributed by atoms with van der Waals surface area (Å²) >= 11 is 12.9. The van der Waals surface area contributed by atoms with Gasteiger partial charge in [0, 0.05) is 4.47 Å². The Labute approximate surface area is 107 Å². The fourth-order valence-electron chi connectivity index (χ4n) is 0.863. The number of benzene rings is 1. The minimum absolute atomic E-state index is 0.259. The van der Waals surface area contributed by atoms with Crippen LogP contribution in [0.2, 0.25) is 5.02 Å². The van der Waals surface area contributed by atoms with Crippen LogP contribution in [0.15, 0.2) is 22.7 Å². The summed E-state index contributed by atoms with van der Waals surface area (Å²) in [5, 5.41) is 0.346. The third-order valence-electron chi connectivity index (χ3n) is 1.40. The number of thiol groups is 1. The molecule has 0 saturated carbocycles. The van der Waals surface area contributed by atoms with Gasteiger partial charge in [0.05, 0.1) is 11.6 Å². The van der Waals surface area contributed by atoms with Gasteiger partial charge in [-0.25, -0.2) is 4.57 Å². The molecule has 84 valence electrons. The Bertz CT molecular complexity index is 401. The molecule has 0 aliphatic rings. The van der Waals surface area contributed by atoms with Gasteiger partial charge in [0.15, 0.2) is 0 Å². The molecule has 0 fully saturated rings. The summed E-state index contributed by atoms with van der Waals surface area (Å²) in [5.74, 6) is 0.284. The summed E-state index contributed by atoms with van der Waals surface area (Å²) in [6, 6.07) is 4.95. The topological polar surface area (TPSA) is 35.5 Å². The van der Waals surface area contributed by atoms with Crippen LogP contribution in [0.25, 0.3) is 0 Å². The number of halogens is 2. The van der Waals surface area contributed by atoms with Gasteiger partial charge in [-0.2, -0.15) is 0 Å². The highest BCUT2D eigenvalue weighted by Crippen LogP contribution is 2.53. The zero-order chi connectivity index (χ0) is 11.5. The first-order valence-corrected chi connectivity index (χ1v) is 7.93. The average Bonchev–Trinajstić information content (AvgIpc) is 2.09. The normalized spacial score (nSPS) is 14.7. The van der Waals surface area contributed by atoms with Gasteiger partial charge >= 0.3 is 6.80 Å². The minimum atomic E-state index is -3.36. The van der Waals surface area contributed by atoms with Crippen molar-refractivity contribution < 1.29 is 13.6 Å². The molecule has 0 radical (unpaired) electrons. The van der Waals surface area contributed by atoms with Gasteiger partial charge < -0.3 is 4.52 Å². The highest BCUT2D eigenvalue weighted by Gasteiger charge is 2.20. The van der Waals surface area contributed by atoms with Crippen LogP contribution in [0.5, 0.6) is 5.75 Å². The molecule has 15 heavy (non-hydrogen) atoms. The Morgan fingerprint density at radius 1 is 1.60 bits per heavy atom. The van der Waals surface area contributed by atoms with Gasteiger partial charge in [-0.15, -0.1) is 0 Å². The van der Waals surface area contributed by atoms with Crippen LogP contribution in [0, 0.1) is 0 Å². The van der Waals surface area contributed by atoms with E-state index in [0.717, 1.165) is 4.47 Å². The molecule has 0 aliphatic carbocycles. The summed E-state index contributed by atoms with van der Waals surface area (Å²) in [7, 11) is 0. The predicted octanol–water partition coefficient (Wildman–Crippen LogP) is 4.56. The van der Waals surface area contributed by atoms with E-state index in [2.05, 4.69) is 28.2 Å². The van der Waals surface area contributed by atoms with Crippen molar-refractivity contribution in [3.8, 4) is 5.75 Å². The smallest absolute Gasteiger partial charge is 0.416 e. The molecule has 0 saturated heterocycles. The molecule has 0 bridgehead atoms. The largest absolute Gasteiger partial charge is 0.437 e. The Hall–Kier alpha value is 0.330. The maximum Gasteiger partial charge on any atom is 0.437 e. The van der Waals surface area contributed by atoms with Gasteiger partial charge in [-0.05, 0) is 37.4 Å². The zero-order valence-electron chi connectivity index (χ0n) is 7.81. The van der Waals surface area contributed by atoms with Crippen LogP contribution in [-0.4, -0.2) is 6.61 Å². The third-order valence-corrected chi connectivity index (χ3v) is 3.79. The number of hydrogen-bond acceptors (Lipinski definition) is 3. The SMILES string of the molecule is CCOP(=O)(S)Oc1ccc(Br)cc1Cl. The van der Waals surface area contributed by atoms with E-state index in [4.69, 9.17) is 20.6 Å².